The number of benzene rings is 6. The number of amides is 1. The van der Waals surface area contributed by atoms with Crippen molar-refractivity contribution in [3.05, 3.63) is 174 Å². The van der Waals surface area contributed by atoms with Crippen LogP contribution in [0.1, 0.15) is 32.6 Å². The molecule has 0 bridgehead atoms. The zero-order chi connectivity index (χ0) is 40.6. The fourth-order valence-corrected chi connectivity index (χ4v) is 7.18. The maximum absolute atomic E-state index is 14.2. The molecule has 58 heavy (non-hydrogen) atoms. The first-order valence-corrected chi connectivity index (χ1v) is 18.2. The van der Waals surface area contributed by atoms with E-state index in [1.165, 1.54) is 17.0 Å². The van der Waals surface area contributed by atoms with Crippen molar-refractivity contribution in [1.82, 2.24) is 19.6 Å². The number of halogens is 6. The van der Waals surface area contributed by atoms with Crippen molar-refractivity contribution < 1.29 is 36.2 Å². The fraction of sp³-hybridized carbons (Fsp3) is 0.133. The minimum atomic E-state index is -4.46. The third-order valence-electron chi connectivity index (χ3n) is 9.85. The van der Waals surface area contributed by atoms with Crippen molar-refractivity contribution in [3.63, 3.8) is 0 Å². The van der Waals surface area contributed by atoms with E-state index in [1.807, 2.05) is 60.7 Å². The fourth-order valence-electron chi connectivity index (χ4n) is 7.18. The molecule has 0 radical (unpaired) electrons. The zero-order valence-electron chi connectivity index (χ0n) is 30.5. The van der Waals surface area contributed by atoms with Crippen LogP contribution in [0.5, 0.6) is 0 Å². The molecule has 0 fully saturated rings. The smallest absolute Gasteiger partial charge is 0.395 e. The minimum Gasteiger partial charge on any atom is -0.395 e. The summed E-state index contributed by atoms with van der Waals surface area (Å²) in [5, 5.41) is 20.8. The van der Waals surface area contributed by atoms with Gasteiger partial charge in [0.25, 0.3) is 5.91 Å². The number of nitrogens with zero attached hydrogens (tertiary/aromatic N) is 5. The number of carbonyl (C=O) groups excluding carboxylic acids is 1. The number of hydrogen-bond donors (Lipinski definition) is 1. The average Bonchev–Trinajstić information content (AvgIpc) is 3.82. The normalized spacial score (nSPS) is 12.1. The number of aliphatic hydroxyl groups is 1. The summed E-state index contributed by atoms with van der Waals surface area (Å²) >= 11 is 0. The quantitative estimate of drug-likeness (QED) is 0.140. The highest BCUT2D eigenvalue weighted by atomic mass is 19.4. The second kappa shape index (κ2) is 15.3. The first-order valence-electron chi connectivity index (χ1n) is 18.2. The summed E-state index contributed by atoms with van der Waals surface area (Å²) in [4.78, 5) is 15.7. The monoisotopic (exact) mass is 789 g/mol. The lowest BCUT2D eigenvalue weighted by molar-refractivity contribution is -0.138. The maximum atomic E-state index is 14.2. The lowest BCUT2D eigenvalue weighted by Crippen LogP contribution is -2.33. The standard InChI is InChI=1S/C45H33F6N5O2/c46-44(47,48)34-12-1-7-29(21-34)25-54-27-39-37(15-5-17-41(39)52-54)31-9-3-11-33(23-31)43(58)56(19-20-57)36-14-4-10-32(24-36)38-16-6-18-42-40(38)28-55(53-42)26-30-8-2-13-35(22-30)45(49,50)51/h1-18,21-24,27-28,57H,19-20,25-26H2. The molecule has 0 aliphatic heterocycles. The van der Waals surface area contributed by atoms with Gasteiger partial charge in [-0.3, -0.25) is 14.2 Å². The molecule has 0 aliphatic rings. The Balaban J connectivity index is 1.07. The molecule has 2 heterocycles. The summed E-state index contributed by atoms with van der Waals surface area (Å²) in [5.74, 6) is -0.354. The van der Waals surface area contributed by atoms with Gasteiger partial charge in [-0.15, -0.1) is 0 Å². The van der Waals surface area contributed by atoms with Crippen LogP contribution in [0.15, 0.2) is 146 Å². The van der Waals surface area contributed by atoms with Crippen molar-refractivity contribution in [2.75, 3.05) is 18.1 Å². The highest BCUT2D eigenvalue weighted by Crippen LogP contribution is 2.35. The predicted molar refractivity (Wildman–Crippen MR) is 210 cm³/mol. The molecule has 0 aliphatic carbocycles. The molecule has 8 rings (SSSR count). The van der Waals surface area contributed by atoms with E-state index in [-0.39, 0.29) is 32.1 Å². The van der Waals surface area contributed by atoms with E-state index in [2.05, 4.69) is 10.2 Å². The summed E-state index contributed by atoms with van der Waals surface area (Å²) in [6.07, 6.45) is -5.35. The van der Waals surface area contributed by atoms with Crippen molar-refractivity contribution in [2.45, 2.75) is 25.4 Å². The molecule has 0 unspecified atom stereocenters. The highest BCUT2D eigenvalue weighted by Gasteiger charge is 2.31. The van der Waals surface area contributed by atoms with Gasteiger partial charge in [0.1, 0.15) is 0 Å². The third kappa shape index (κ3) is 7.94. The van der Waals surface area contributed by atoms with Crippen LogP contribution >= 0.6 is 0 Å². The van der Waals surface area contributed by atoms with Gasteiger partial charge in [0, 0.05) is 41.0 Å². The Morgan fingerprint density at radius 2 is 1.07 bits per heavy atom. The molecule has 13 heteroatoms. The summed E-state index contributed by atoms with van der Waals surface area (Å²) in [6, 6.07) is 35.8. The second-order valence-electron chi connectivity index (χ2n) is 13.8. The molecule has 8 aromatic rings. The third-order valence-corrected chi connectivity index (χ3v) is 9.85. The van der Waals surface area contributed by atoms with Crippen LogP contribution in [0.2, 0.25) is 0 Å². The average molecular weight is 790 g/mol. The van der Waals surface area contributed by atoms with Crippen LogP contribution < -0.4 is 4.90 Å². The van der Waals surface area contributed by atoms with Crippen molar-refractivity contribution in [1.29, 1.82) is 0 Å². The topological polar surface area (TPSA) is 76.2 Å². The predicted octanol–water partition coefficient (Wildman–Crippen LogP) is 10.5. The number of aliphatic hydroxyl groups excluding tert-OH is 1. The Hall–Kier alpha value is -6.73. The molecule has 1 amide bonds. The summed E-state index contributed by atoms with van der Waals surface area (Å²) in [6.45, 7) is -0.0452. The Morgan fingerprint density at radius 3 is 1.59 bits per heavy atom. The lowest BCUT2D eigenvalue weighted by atomic mass is 9.99. The van der Waals surface area contributed by atoms with Crippen LogP contribution in [0.3, 0.4) is 0 Å². The van der Waals surface area contributed by atoms with Gasteiger partial charge < -0.3 is 10.0 Å². The van der Waals surface area contributed by atoms with E-state index in [0.29, 0.717) is 33.4 Å². The van der Waals surface area contributed by atoms with Gasteiger partial charge in [0.05, 0.1) is 41.9 Å². The minimum absolute atomic E-state index is 0.00350. The van der Waals surface area contributed by atoms with Crippen molar-refractivity contribution in [3.8, 4) is 22.3 Å². The number of alkyl halides is 6. The molecule has 0 atom stereocenters. The first-order chi connectivity index (χ1) is 27.8. The highest BCUT2D eigenvalue weighted by molar-refractivity contribution is 6.08. The molecule has 0 saturated heterocycles. The Bertz CT molecular complexity index is 2790. The second-order valence-corrected chi connectivity index (χ2v) is 13.8. The van der Waals surface area contributed by atoms with Crippen LogP contribution in [0.25, 0.3) is 44.1 Å². The number of carbonyl (C=O) groups is 1. The number of anilines is 1. The maximum Gasteiger partial charge on any atom is 0.416 e. The van der Waals surface area contributed by atoms with E-state index in [9.17, 15) is 36.2 Å². The van der Waals surface area contributed by atoms with Crippen LogP contribution in [-0.4, -0.2) is 43.7 Å². The number of rotatable bonds is 10. The van der Waals surface area contributed by atoms with Gasteiger partial charge in [0.15, 0.2) is 0 Å². The Kier molecular flexibility index (Phi) is 10.1. The molecular weight excluding hydrogens is 757 g/mol. The Labute approximate surface area is 328 Å². The van der Waals surface area contributed by atoms with Crippen LogP contribution in [-0.2, 0) is 25.4 Å². The van der Waals surface area contributed by atoms with Crippen molar-refractivity contribution >= 4 is 33.4 Å². The molecule has 2 aromatic heterocycles. The van der Waals surface area contributed by atoms with Gasteiger partial charge in [-0.2, -0.15) is 36.5 Å². The molecule has 292 valence electrons. The van der Waals surface area contributed by atoms with E-state index in [0.717, 1.165) is 57.3 Å². The molecule has 1 N–H and O–H groups in total. The van der Waals surface area contributed by atoms with Crippen LogP contribution in [0.4, 0.5) is 32.0 Å². The van der Waals surface area contributed by atoms with Gasteiger partial charge in [-0.1, -0.05) is 72.8 Å². The van der Waals surface area contributed by atoms with Gasteiger partial charge in [-0.25, -0.2) is 0 Å². The van der Waals surface area contributed by atoms with E-state index in [4.69, 9.17) is 0 Å². The van der Waals surface area contributed by atoms with E-state index >= 15 is 0 Å². The molecule has 0 spiro atoms. The lowest BCUT2D eigenvalue weighted by Gasteiger charge is -2.23. The number of fused-ring (bicyclic) bond motifs is 2. The summed E-state index contributed by atoms with van der Waals surface area (Å²) in [7, 11) is 0. The molecule has 7 nitrogen and oxygen atoms in total. The van der Waals surface area contributed by atoms with E-state index in [1.54, 1.807) is 58.2 Å². The van der Waals surface area contributed by atoms with Gasteiger partial charge in [-0.05, 0) is 94.0 Å². The number of aromatic nitrogens is 4. The molecular formula is C45H33F6N5O2. The summed E-state index contributed by atoms with van der Waals surface area (Å²) < 4.78 is 83.2. The number of hydrogen-bond acceptors (Lipinski definition) is 4. The zero-order valence-corrected chi connectivity index (χ0v) is 30.5. The molecule has 0 saturated carbocycles. The van der Waals surface area contributed by atoms with Crippen LogP contribution in [0, 0.1) is 0 Å². The first kappa shape index (κ1) is 38.2. The largest absolute Gasteiger partial charge is 0.416 e. The Morgan fingerprint density at radius 1 is 0.586 bits per heavy atom. The van der Waals surface area contributed by atoms with E-state index < -0.39 is 23.5 Å². The van der Waals surface area contributed by atoms with Gasteiger partial charge >= 0.3 is 12.4 Å². The van der Waals surface area contributed by atoms with Crippen molar-refractivity contribution in [2.24, 2.45) is 0 Å². The SMILES string of the molecule is O=C(c1cccc(-c2cccc3nn(Cc4cccc(C(F)(F)F)c4)cc23)c1)N(CCO)c1cccc(-c2cccc3nn(Cc4cccc(C(F)(F)F)c4)cc23)c1. The van der Waals surface area contributed by atoms with Gasteiger partial charge in [0.2, 0.25) is 0 Å². The summed E-state index contributed by atoms with van der Waals surface area (Å²) in [5.41, 5.74) is 4.69. The molecule has 6 aromatic carbocycles.